The standard InChI is InChI=1S/C24H30N2O3/c1-16-2-4-20(5-3-16)21(27)22(28)25-6-8-26(9-7-25)23(29)24-13-17-10-18(14-24)12-19(11-17)15-24/h2-5,17-19H,6-15H2,1H3. The van der Waals surface area contributed by atoms with Crippen LogP contribution in [0.1, 0.15) is 54.4 Å². The molecule has 5 nitrogen and oxygen atoms in total. The summed E-state index contributed by atoms with van der Waals surface area (Å²) in [6.07, 6.45) is 7.20. The van der Waals surface area contributed by atoms with Crippen LogP contribution in [0, 0.1) is 30.1 Å². The van der Waals surface area contributed by atoms with E-state index < -0.39 is 11.7 Å². The van der Waals surface area contributed by atoms with E-state index in [2.05, 4.69) is 0 Å². The van der Waals surface area contributed by atoms with Crippen LogP contribution in [0.15, 0.2) is 24.3 Å². The Morgan fingerprint density at radius 1 is 0.793 bits per heavy atom. The third kappa shape index (κ3) is 3.28. The van der Waals surface area contributed by atoms with Crippen LogP contribution in [-0.2, 0) is 9.59 Å². The summed E-state index contributed by atoms with van der Waals surface area (Å²) < 4.78 is 0. The van der Waals surface area contributed by atoms with Gasteiger partial charge in [0, 0.05) is 31.7 Å². The fourth-order valence-electron chi connectivity index (χ4n) is 6.79. The van der Waals surface area contributed by atoms with Gasteiger partial charge in [-0.05, 0) is 63.2 Å². The predicted octanol–water partition coefficient (Wildman–Crippen LogP) is 3.06. The van der Waals surface area contributed by atoms with Gasteiger partial charge < -0.3 is 9.80 Å². The zero-order valence-electron chi connectivity index (χ0n) is 17.2. The Morgan fingerprint density at radius 3 is 1.79 bits per heavy atom. The minimum Gasteiger partial charge on any atom is -0.339 e. The number of ketones is 1. The SMILES string of the molecule is Cc1ccc(C(=O)C(=O)N2CCN(C(=O)C34CC5CC(CC(C5)C3)C4)CC2)cc1. The average molecular weight is 395 g/mol. The third-order valence-corrected chi connectivity index (χ3v) is 7.85. The number of aryl methyl sites for hydroxylation is 1. The Hall–Kier alpha value is -2.17. The lowest BCUT2D eigenvalue weighted by Gasteiger charge is -2.57. The highest BCUT2D eigenvalue weighted by molar-refractivity contribution is 6.42. The van der Waals surface area contributed by atoms with Crippen LogP contribution in [0.25, 0.3) is 0 Å². The first kappa shape index (κ1) is 18.8. The quantitative estimate of drug-likeness (QED) is 0.585. The Kier molecular flexibility index (Phi) is 4.52. The van der Waals surface area contributed by atoms with Crippen molar-refractivity contribution in [1.29, 1.82) is 0 Å². The number of benzene rings is 1. The van der Waals surface area contributed by atoms with Gasteiger partial charge in [0.05, 0.1) is 5.41 Å². The van der Waals surface area contributed by atoms with Crippen molar-refractivity contribution >= 4 is 17.6 Å². The van der Waals surface area contributed by atoms with Gasteiger partial charge in [0.25, 0.3) is 5.91 Å². The van der Waals surface area contributed by atoms with Crippen molar-refractivity contribution in [2.45, 2.75) is 45.4 Å². The lowest BCUT2D eigenvalue weighted by molar-refractivity contribution is -0.160. The maximum absolute atomic E-state index is 13.5. The number of amides is 2. The van der Waals surface area contributed by atoms with Gasteiger partial charge in [-0.3, -0.25) is 14.4 Å². The van der Waals surface area contributed by atoms with Crippen LogP contribution < -0.4 is 0 Å². The molecule has 1 saturated heterocycles. The predicted molar refractivity (Wildman–Crippen MR) is 109 cm³/mol. The summed E-state index contributed by atoms with van der Waals surface area (Å²) in [4.78, 5) is 42.3. The van der Waals surface area contributed by atoms with E-state index >= 15 is 0 Å². The molecule has 1 aliphatic heterocycles. The Labute approximate surface area is 172 Å². The summed E-state index contributed by atoms with van der Waals surface area (Å²) in [5.41, 5.74) is 1.37. The van der Waals surface area contributed by atoms with Crippen molar-refractivity contribution in [1.82, 2.24) is 9.80 Å². The van der Waals surface area contributed by atoms with Crippen LogP contribution >= 0.6 is 0 Å². The molecule has 4 saturated carbocycles. The maximum atomic E-state index is 13.5. The van der Waals surface area contributed by atoms with E-state index in [0.29, 0.717) is 37.6 Å². The first-order valence-corrected chi connectivity index (χ1v) is 11.1. The molecular weight excluding hydrogens is 364 g/mol. The molecule has 0 radical (unpaired) electrons. The van der Waals surface area contributed by atoms with Gasteiger partial charge in [0.15, 0.2) is 0 Å². The smallest absolute Gasteiger partial charge is 0.295 e. The largest absolute Gasteiger partial charge is 0.339 e. The fourth-order valence-corrected chi connectivity index (χ4v) is 6.79. The van der Waals surface area contributed by atoms with Crippen LogP contribution in [0.5, 0.6) is 0 Å². The van der Waals surface area contributed by atoms with Gasteiger partial charge >= 0.3 is 0 Å². The number of rotatable bonds is 3. The molecule has 0 aromatic heterocycles. The second-order valence-corrected chi connectivity index (χ2v) is 9.98. The molecule has 1 aromatic rings. The van der Waals surface area contributed by atoms with Gasteiger partial charge in [-0.25, -0.2) is 0 Å². The lowest BCUT2D eigenvalue weighted by Crippen LogP contribution is -2.59. The van der Waals surface area contributed by atoms with E-state index in [0.717, 1.165) is 42.6 Å². The zero-order valence-corrected chi connectivity index (χ0v) is 17.2. The van der Waals surface area contributed by atoms with E-state index in [4.69, 9.17) is 0 Å². The zero-order chi connectivity index (χ0) is 20.2. The van der Waals surface area contributed by atoms with E-state index in [1.54, 1.807) is 17.0 Å². The van der Waals surface area contributed by atoms with Gasteiger partial charge in [-0.15, -0.1) is 0 Å². The van der Waals surface area contributed by atoms with Gasteiger partial charge in [-0.2, -0.15) is 0 Å². The van der Waals surface area contributed by atoms with Crippen LogP contribution in [0.2, 0.25) is 0 Å². The van der Waals surface area contributed by atoms with E-state index in [9.17, 15) is 14.4 Å². The molecule has 1 aromatic carbocycles. The Morgan fingerprint density at radius 2 is 1.28 bits per heavy atom. The van der Waals surface area contributed by atoms with Crippen molar-refractivity contribution in [3.8, 4) is 0 Å². The monoisotopic (exact) mass is 394 g/mol. The molecule has 4 aliphatic carbocycles. The minimum absolute atomic E-state index is 0.126. The number of piperazine rings is 1. The molecule has 1 heterocycles. The normalized spacial score (nSPS) is 33.1. The molecule has 154 valence electrons. The molecule has 5 heteroatoms. The number of carbonyl (C=O) groups excluding carboxylic acids is 3. The van der Waals surface area contributed by atoms with Crippen molar-refractivity contribution in [2.75, 3.05) is 26.2 Å². The molecule has 0 atom stereocenters. The summed E-state index contributed by atoms with van der Waals surface area (Å²) in [5.74, 6) is 1.68. The van der Waals surface area contributed by atoms with Gasteiger partial charge in [0.2, 0.25) is 11.7 Å². The van der Waals surface area contributed by atoms with E-state index in [1.807, 2.05) is 24.0 Å². The van der Waals surface area contributed by atoms with Crippen molar-refractivity contribution in [2.24, 2.45) is 23.2 Å². The second-order valence-electron chi connectivity index (χ2n) is 9.98. The van der Waals surface area contributed by atoms with Crippen molar-refractivity contribution < 1.29 is 14.4 Å². The summed E-state index contributed by atoms with van der Waals surface area (Å²) >= 11 is 0. The maximum Gasteiger partial charge on any atom is 0.295 e. The first-order chi connectivity index (χ1) is 13.9. The number of nitrogens with zero attached hydrogens (tertiary/aromatic N) is 2. The Bertz CT molecular complexity index is 801. The van der Waals surface area contributed by atoms with E-state index in [-0.39, 0.29) is 5.41 Å². The number of carbonyl (C=O) groups is 3. The summed E-state index contributed by atoms with van der Waals surface area (Å²) in [6, 6.07) is 7.12. The molecule has 5 aliphatic rings. The molecular formula is C24H30N2O3. The number of Topliss-reactive ketones (excluding diaryl/α,β-unsaturated/α-hetero) is 1. The fraction of sp³-hybridized carbons (Fsp3) is 0.625. The highest BCUT2D eigenvalue weighted by Gasteiger charge is 2.55. The van der Waals surface area contributed by atoms with Gasteiger partial charge in [0.1, 0.15) is 0 Å². The molecule has 29 heavy (non-hydrogen) atoms. The summed E-state index contributed by atoms with van der Waals surface area (Å²) in [6.45, 7) is 3.96. The molecule has 0 unspecified atom stereocenters. The van der Waals surface area contributed by atoms with Crippen LogP contribution in [0.3, 0.4) is 0 Å². The number of hydrogen-bond acceptors (Lipinski definition) is 3. The molecule has 0 N–H and O–H groups in total. The topological polar surface area (TPSA) is 57.7 Å². The molecule has 6 rings (SSSR count). The summed E-state index contributed by atoms with van der Waals surface area (Å²) in [5, 5.41) is 0. The van der Waals surface area contributed by atoms with Crippen LogP contribution in [-0.4, -0.2) is 53.6 Å². The van der Waals surface area contributed by atoms with Gasteiger partial charge in [-0.1, -0.05) is 29.8 Å². The lowest BCUT2D eigenvalue weighted by atomic mass is 9.49. The van der Waals surface area contributed by atoms with Crippen molar-refractivity contribution in [3.05, 3.63) is 35.4 Å². The molecule has 2 amide bonds. The van der Waals surface area contributed by atoms with Crippen molar-refractivity contribution in [3.63, 3.8) is 0 Å². The second kappa shape index (κ2) is 6.96. The molecule has 0 spiro atoms. The Balaban J connectivity index is 1.21. The first-order valence-electron chi connectivity index (χ1n) is 11.1. The third-order valence-electron chi connectivity index (χ3n) is 7.85. The number of hydrogen-bond donors (Lipinski definition) is 0. The summed E-state index contributed by atoms with van der Waals surface area (Å²) in [7, 11) is 0. The average Bonchev–Trinajstić information content (AvgIpc) is 2.72. The van der Waals surface area contributed by atoms with E-state index in [1.165, 1.54) is 19.3 Å². The van der Waals surface area contributed by atoms with Crippen LogP contribution in [0.4, 0.5) is 0 Å². The minimum atomic E-state index is -0.453. The highest BCUT2D eigenvalue weighted by Crippen LogP contribution is 2.60. The highest BCUT2D eigenvalue weighted by atomic mass is 16.2. The molecule has 5 fully saturated rings. The molecule has 4 bridgehead atoms.